The van der Waals surface area contributed by atoms with Gasteiger partial charge in [0, 0.05) is 22.3 Å². The fourth-order valence-corrected chi connectivity index (χ4v) is 3.95. The minimum Gasteiger partial charge on any atom is -0.463 e. The van der Waals surface area contributed by atoms with E-state index in [1.54, 1.807) is 6.92 Å². The number of benzene rings is 2. The van der Waals surface area contributed by atoms with Gasteiger partial charge in [-0.3, -0.25) is 4.79 Å². The first-order valence-corrected chi connectivity index (χ1v) is 10.7. The monoisotopic (exact) mass is 419 g/mol. The van der Waals surface area contributed by atoms with E-state index in [1.165, 1.54) is 6.26 Å². The van der Waals surface area contributed by atoms with E-state index >= 15 is 0 Å². The molecule has 1 aliphatic rings. The van der Waals surface area contributed by atoms with Gasteiger partial charge in [-0.15, -0.1) is 0 Å². The van der Waals surface area contributed by atoms with Crippen LogP contribution in [-0.4, -0.2) is 18.3 Å². The van der Waals surface area contributed by atoms with Crippen molar-refractivity contribution >= 4 is 29.2 Å². The van der Waals surface area contributed by atoms with Crippen LogP contribution in [0.2, 0.25) is 0 Å². The zero-order valence-electron chi connectivity index (χ0n) is 19.3. The first kappa shape index (κ1) is 21.7. The highest BCUT2D eigenvalue weighted by Gasteiger charge is 2.52. The fraction of sp³-hybridized carbons (Fsp3) is 0.400. The summed E-state index contributed by atoms with van der Waals surface area (Å²) in [5.41, 5.74) is 4.25. The Morgan fingerprint density at radius 3 is 2.32 bits per heavy atom. The van der Waals surface area contributed by atoms with Gasteiger partial charge >= 0.3 is 7.12 Å². The van der Waals surface area contributed by atoms with Gasteiger partial charge in [0.2, 0.25) is 0 Å². The molecule has 4 rings (SSSR count). The molecule has 0 saturated carbocycles. The van der Waals surface area contributed by atoms with Gasteiger partial charge in [0.25, 0.3) is 0 Å². The van der Waals surface area contributed by atoms with Crippen molar-refractivity contribution in [1.82, 2.24) is 0 Å². The Bertz CT molecular complexity index is 1180. The molecule has 5 nitrogen and oxygen atoms in total. The zero-order valence-corrected chi connectivity index (χ0v) is 19.3. The quantitative estimate of drug-likeness (QED) is 0.611. The van der Waals surface area contributed by atoms with E-state index in [0.717, 1.165) is 22.3 Å². The van der Waals surface area contributed by atoms with E-state index < -0.39 is 18.3 Å². The lowest BCUT2D eigenvalue weighted by Gasteiger charge is -2.32. The van der Waals surface area contributed by atoms with Crippen LogP contribution < -0.4 is 16.2 Å². The Morgan fingerprint density at radius 1 is 1.00 bits per heavy atom. The Labute approximate surface area is 183 Å². The standard InChI is InChI=1S/C25H30BNO4/c1-15-12-18(23-19(13-15)22(28)16(2)14-29-23)17(3)27-21-11-9-8-10-20(21)26-30-24(4,5)25(6,7)31-26/h8-14,17,27H,1-7H3. The van der Waals surface area contributed by atoms with E-state index in [9.17, 15) is 4.79 Å². The van der Waals surface area contributed by atoms with Crippen LogP contribution in [0.1, 0.15) is 57.4 Å². The first-order chi connectivity index (χ1) is 14.5. The van der Waals surface area contributed by atoms with Crippen molar-refractivity contribution < 1.29 is 13.7 Å². The van der Waals surface area contributed by atoms with E-state index in [-0.39, 0.29) is 11.5 Å². The fourth-order valence-electron chi connectivity index (χ4n) is 3.95. The number of aryl methyl sites for hydroxylation is 2. The van der Waals surface area contributed by atoms with Gasteiger partial charge in [0.15, 0.2) is 5.43 Å². The minimum atomic E-state index is -0.462. The molecule has 6 heteroatoms. The van der Waals surface area contributed by atoms with Gasteiger partial charge in [-0.05, 0) is 66.2 Å². The summed E-state index contributed by atoms with van der Waals surface area (Å²) < 4.78 is 18.4. The van der Waals surface area contributed by atoms with E-state index in [2.05, 4.69) is 46.0 Å². The normalized spacial score (nSPS) is 18.4. The first-order valence-electron chi connectivity index (χ1n) is 10.7. The van der Waals surface area contributed by atoms with Gasteiger partial charge in [-0.1, -0.05) is 24.3 Å². The number of nitrogens with one attached hydrogen (secondary N) is 1. The van der Waals surface area contributed by atoms with Crippen LogP contribution in [0.4, 0.5) is 5.69 Å². The number of anilines is 1. The summed E-state index contributed by atoms with van der Waals surface area (Å²) in [6.45, 7) is 14.0. The van der Waals surface area contributed by atoms with Crippen LogP contribution in [0, 0.1) is 13.8 Å². The molecule has 0 spiro atoms. The second-order valence-corrected chi connectivity index (χ2v) is 9.52. The van der Waals surface area contributed by atoms with Crippen LogP contribution >= 0.6 is 0 Å². The molecule has 2 heterocycles. The van der Waals surface area contributed by atoms with Crippen molar-refractivity contribution in [2.45, 2.75) is 65.7 Å². The molecule has 1 aromatic heterocycles. The maximum absolute atomic E-state index is 12.7. The smallest absolute Gasteiger partial charge is 0.463 e. The minimum absolute atomic E-state index is 0.0102. The summed E-state index contributed by atoms with van der Waals surface area (Å²) >= 11 is 0. The highest BCUT2D eigenvalue weighted by Crippen LogP contribution is 2.37. The molecule has 1 N–H and O–H groups in total. The van der Waals surface area contributed by atoms with Crippen molar-refractivity contribution in [3.8, 4) is 0 Å². The third kappa shape index (κ3) is 3.79. The average Bonchev–Trinajstić information content (AvgIpc) is 2.92. The highest BCUT2D eigenvalue weighted by molar-refractivity contribution is 6.64. The van der Waals surface area contributed by atoms with Crippen LogP contribution in [0.5, 0.6) is 0 Å². The molecule has 0 amide bonds. The molecule has 2 aromatic carbocycles. The maximum Gasteiger partial charge on any atom is 0.496 e. The Kier molecular flexibility index (Phi) is 5.27. The van der Waals surface area contributed by atoms with E-state index in [1.807, 2.05) is 37.3 Å². The number of hydrogen-bond donors (Lipinski definition) is 1. The van der Waals surface area contributed by atoms with E-state index in [4.69, 9.17) is 13.7 Å². The predicted octanol–water partition coefficient (Wildman–Crippen LogP) is 4.88. The van der Waals surface area contributed by atoms with Crippen molar-refractivity contribution in [3.63, 3.8) is 0 Å². The number of rotatable bonds is 4. The molecular formula is C25H30BNO4. The molecule has 1 fully saturated rings. The largest absolute Gasteiger partial charge is 0.496 e. The second kappa shape index (κ2) is 7.54. The van der Waals surface area contributed by atoms with Crippen molar-refractivity contribution in [2.75, 3.05) is 5.32 Å². The Balaban J connectivity index is 1.71. The second-order valence-electron chi connectivity index (χ2n) is 9.52. The number of hydrogen-bond acceptors (Lipinski definition) is 5. The Hall–Kier alpha value is -2.57. The summed E-state index contributed by atoms with van der Waals surface area (Å²) in [4.78, 5) is 12.7. The molecule has 0 radical (unpaired) electrons. The number of fused-ring (bicyclic) bond motifs is 1. The lowest BCUT2D eigenvalue weighted by Crippen LogP contribution is -2.41. The lowest BCUT2D eigenvalue weighted by molar-refractivity contribution is 0.00578. The zero-order chi connectivity index (χ0) is 22.6. The molecule has 1 unspecified atom stereocenters. The van der Waals surface area contributed by atoms with Gasteiger partial charge < -0.3 is 19.0 Å². The van der Waals surface area contributed by atoms with Crippen LogP contribution in [0.25, 0.3) is 11.0 Å². The average molecular weight is 419 g/mol. The molecule has 1 saturated heterocycles. The topological polar surface area (TPSA) is 60.7 Å². The van der Waals surface area contributed by atoms with Gasteiger partial charge in [-0.25, -0.2) is 0 Å². The Morgan fingerprint density at radius 2 is 1.65 bits per heavy atom. The van der Waals surface area contributed by atoms with Crippen LogP contribution in [0.15, 0.2) is 51.9 Å². The summed E-state index contributed by atoms with van der Waals surface area (Å²) in [6.07, 6.45) is 1.54. The molecule has 0 aliphatic carbocycles. The van der Waals surface area contributed by atoms with Crippen LogP contribution in [-0.2, 0) is 9.31 Å². The summed E-state index contributed by atoms with van der Waals surface area (Å²) in [6, 6.07) is 11.9. The third-order valence-electron chi connectivity index (χ3n) is 6.52. The van der Waals surface area contributed by atoms with E-state index in [0.29, 0.717) is 16.5 Å². The summed E-state index contributed by atoms with van der Waals surface area (Å²) in [5.74, 6) is 0. The van der Waals surface area contributed by atoms with Gasteiger partial charge in [0.05, 0.1) is 28.9 Å². The molecule has 162 valence electrons. The molecule has 1 aliphatic heterocycles. The molecule has 3 aromatic rings. The molecule has 1 atom stereocenters. The van der Waals surface area contributed by atoms with Gasteiger partial charge in [-0.2, -0.15) is 0 Å². The maximum atomic E-state index is 12.7. The lowest BCUT2D eigenvalue weighted by atomic mass is 9.77. The predicted molar refractivity (Wildman–Crippen MR) is 126 cm³/mol. The molecular weight excluding hydrogens is 389 g/mol. The highest BCUT2D eigenvalue weighted by atomic mass is 16.7. The number of para-hydroxylation sites is 1. The summed E-state index contributed by atoms with van der Waals surface area (Å²) in [7, 11) is -0.462. The van der Waals surface area contributed by atoms with Crippen LogP contribution in [0.3, 0.4) is 0 Å². The van der Waals surface area contributed by atoms with Crippen molar-refractivity contribution in [3.05, 3.63) is 69.6 Å². The third-order valence-corrected chi connectivity index (χ3v) is 6.52. The SMILES string of the molecule is Cc1cc(C(C)Nc2ccccc2B2OC(C)(C)C(C)(C)O2)c2occ(C)c(=O)c2c1. The summed E-state index contributed by atoms with van der Waals surface area (Å²) in [5, 5.41) is 4.20. The molecule has 31 heavy (non-hydrogen) atoms. The van der Waals surface area contributed by atoms with Crippen molar-refractivity contribution in [1.29, 1.82) is 0 Å². The van der Waals surface area contributed by atoms with Crippen molar-refractivity contribution in [2.24, 2.45) is 0 Å². The molecule has 0 bridgehead atoms. The van der Waals surface area contributed by atoms with Gasteiger partial charge in [0.1, 0.15) is 5.58 Å².